The van der Waals surface area contributed by atoms with Crippen molar-refractivity contribution in [1.82, 2.24) is 0 Å². The van der Waals surface area contributed by atoms with Gasteiger partial charge in [0.15, 0.2) is 6.10 Å². The molecule has 472 valence electrons. The summed E-state index contributed by atoms with van der Waals surface area (Å²) >= 11 is 0. The van der Waals surface area contributed by atoms with E-state index in [1.54, 1.807) is 0 Å². The van der Waals surface area contributed by atoms with Crippen molar-refractivity contribution in [1.29, 1.82) is 0 Å². The number of carbonyl (C=O) groups is 2. The Bertz CT molecular complexity index is 1870. The van der Waals surface area contributed by atoms with Crippen LogP contribution in [0.15, 0.2) is 146 Å². The fraction of sp³-hybridized carbons (Fsp3) is 0.644. The van der Waals surface area contributed by atoms with Gasteiger partial charge in [0.2, 0.25) is 0 Å². The maximum Gasteiger partial charge on any atom is 0.472 e. The van der Waals surface area contributed by atoms with Crippen LogP contribution in [-0.2, 0) is 32.7 Å². The molecule has 9 nitrogen and oxygen atoms in total. The predicted octanol–water partition coefficient (Wildman–Crippen LogP) is 21.9. The smallest absolute Gasteiger partial charge is 0.462 e. The molecule has 0 aromatic heterocycles. The Labute approximate surface area is 509 Å². The molecular formula is C73H122NO8P. The van der Waals surface area contributed by atoms with Crippen molar-refractivity contribution in [2.45, 2.75) is 277 Å². The maximum atomic E-state index is 12.8. The van der Waals surface area contributed by atoms with Crippen LogP contribution in [0.5, 0.6) is 0 Å². The summed E-state index contributed by atoms with van der Waals surface area (Å²) in [4.78, 5) is 35.3. The highest BCUT2D eigenvalue weighted by atomic mass is 31.2. The van der Waals surface area contributed by atoms with Crippen molar-refractivity contribution in [2.24, 2.45) is 5.73 Å². The Morgan fingerprint density at radius 2 is 0.663 bits per heavy atom. The molecular weight excluding hydrogens is 1050 g/mol. The third-order valence-corrected chi connectivity index (χ3v) is 14.7. The first-order valence-corrected chi connectivity index (χ1v) is 34.8. The Morgan fingerprint density at radius 1 is 0.373 bits per heavy atom. The molecule has 0 saturated heterocycles. The van der Waals surface area contributed by atoms with E-state index in [-0.39, 0.29) is 32.6 Å². The van der Waals surface area contributed by atoms with E-state index in [4.69, 9.17) is 24.3 Å². The lowest BCUT2D eigenvalue weighted by atomic mass is 10.0. The molecule has 0 aromatic rings. The molecule has 0 aromatic carbocycles. The maximum absolute atomic E-state index is 12.8. The molecule has 83 heavy (non-hydrogen) atoms. The van der Waals surface area contributed by atoms with Crippen LogP contribution >= 0.6 is 7.82 Å². The van der Waals surface area contributed by atoms with Gasteiger partial charge in [-0.05, 0) is 122 Å². The van der Waals surface area contributed by atoms with Crippen molar-refractivity contribution in [2.75, 3.05) is 26.4 Å². The van der Waals surface area contributed by atoms with Crippen LogP contribution in [0, 0.1) is 0 Å². The fourth-order valence-corrected chi connectivity index (χ4v) is 9.58. The molecule has 0 aliphatic heterocycles. The summed E-state index contributed by atoms with van der Waals surface area (Å²) in [6, 6.07) is 0. The van der Waals surface area contributed by atoms with Gasteiger partial charge in [0.1, 0.15) is 6.61 Å². The van der Waals surface area contributed by atoms with Gasteiger partial charge in [0.25, 0.3) is 0 Å². The summed E-state index contributed by atoms with van der Waals surface area (Å²) in [6.45, 7) is 3.61. The fourth-order valence-electron chi connectivity index (χ4n) is 8.81. The molecule has 0 amide bonds. The monoisotopic (exact) mass is 1170 g/mol. The molecule has 0 radical (unpaired) electrons. The lowest BCUT2D eigenvalue weighted by Crippen LogP contribution is -2.29. The van der Waals surface area contributed by atoms with Gasteiger partial charge in [-0.1, -0.05) is 282 Å². The number of phosphoric acid groups is 1. The van der Waals surface area contributed by atoms with Gasteiger partial charge in [0.05, 0.1) is 13.2 Å². The van der Waals surface area contributed by atoms with Gasteiger partial charge < -0.3 is 20.1 Å². The molecule has 0 bridgehead atoms. The number of hydrogen-bond donors (Lipinski definition) is 2. The molecule has 0 fully saturated rings. The number of rotatable bonds is 61. The van der Waals surface area contributed by atoms with Gasteiger partial charge in [-0.2, -0.15) is 0 Å². The molecule has 3 N–H and O–H groups in total. The molecule has 0 aliphatic rings. The van der Waals surface area contributed by atoms with Crippen LogP contribution in [-0.4, -0.2) is 49.3 Å². The quantitative estimate of drug-likeness (QED) is 0.0264. The molecule has 10 heteroatoms. The van der Waals surface area contributed by atoms with E-state index < -0.39 is 32.5 Å². The Kier molecular flexibility index (Phi) is 63.7. The zero-order chi connectivity index (χ0) is 60.1. The first-order chi connectivity index (χ1) is 40.8. The minimum Gasteiger partial charge on any atom is -0.462 e. The third-order valence-electron chi connectivity index (χ3n) is 13.7. The van der Waals surface area contributed by atoms with E-state index in [0.717, 1.165) is 128 Å². The number of hydrogen-bond acceptors (Lipinski definition) is 8. The Balaban J connectivity index is 3.97. The van der Waals surface area contributed by atoms with Crippen LogP contribution in [0.25, 0.3) is 0 Å². The summed E-state index contributed by atoms with van der Waals surface area (Å²) in [6.07, 6.45) is 96.3. The van der Waals surface area contributed by atoms with Crippen molar-refractivity contribution < 1.29 is 37.6 Å². The van der Waals surface area contributed by atoms with Crippen LogP contribution in [0.4, 0.5) is 0 Å². The zero-order valence-electron chi connectivity index (χ0n) is 52.9. The van der Waals surface area contributed by atoms with Gasteiger partial charge in [-0.25, -0.2) is 4.57 Å². The summed E-state index contributed by atoms with van der Waals surface area (Å²) in [5, 5.41) is 0. The second-order valence-corrected chi connectivity index (χ2v) is 23.1. The number of allylic oxidation sites excluding steroid dienone is 24. The summed E-state index contributed by atoms with van der Waals surface area (Å²) < 4.78 is 33.1. The molecule has 0 rings (SSSR count). The van der Waals surface area contributed by atoms with Crippen molar-refractivity contribution in [3.63, 3.8) is 0 Å². The molecule has 0 heterocycles. The molecule has 0 aliphatic carbocycles. The first-order valence-electron chi connectivity index (χ1n) is 33.3. The Hall–Kier alpha value is -4.11. The summed E-state index contributed by atoms with van der Waals surface area (Å²) in [5.74, 6) is -0.843. The second kappa shape index (κ2) is 67.0. The normalized spacial score (nSPS) is 13.9. The number of ether oxygens (including phenoxy) is 2. The van der Waals surface area contributed by atoms with Crippen LogP contribution in [0.1, 0.15) is 271 Å². The van der Waals surface area contributed by atoms with Gasteiger partial charge in [-0.3, -0.25) is 18.6 Å². The number of unbranched alkanes of at least 4 members (excludes halogenated alkanes) is 24. The summed E-state index contributed by atoms with van der Waals surface area (Å²) in [7, 11) is -4.40. The highest BCUT2D eigenvalue weighted by molar-refractivity contribution is 7.47. The van der Waals surface area contributed by atoms with E-state index in [2.05, 4.69) is 160 Å². The minimum absolute atomic E-state index is 0.0454. The number of carbonyl (C=O) groups excluding carboxylic acids is 2. The second-order valence-electron chi connectivity index (χ2n) is 21.6. The minimum atomic E-state index is -4.40. The highest BCUT2D eigenvalue weighted by Gasteiger charge is 2.26. The van der Waals surface area contributed by atoms with Crippen molar-refractivity contribution in [3.05, 3.63) is 146 Å². The first kappa shape index (κ1) is 78.9. The standard InChI is InChI=1S/C73H122NO8P/c1-3-5-7-9-11-13-15-17-19-21-23-25-27-28-29-30-31-32-33-34-35-36-37-38-39-40-41-42-44-46-48-50-52-54-56-58-60-62-64-66-73(76)82-71(70-81-83(77,78)80-68-67-74)69-79-72(75)65-63-61-59-57-55-53-51-49-47-45-43-26-24-22-20-18-16-14-12-10-8-6-4-2/h5,7,11,13,16-19,22-25,28-29,31-32,34-35,37-38,40-41,43,45,71H,3-4,6,8-10,12,14-15,20-21,26-27,30,33,36,39,42,44,46-70,74H2,1-2H3,(H,77,78)/b7-5-,13-11-,18-16-,19-17-,24-22-,25-23-,29-28-,32-31-,35-34-,38-37-,41-40-,45-43-. The largest absolute Gasteiger partial charge is 0.472 e. The van der Waals surface area contributed by atoms with Gasteiger partial charge in [0, 0.05) is 19.4 Å². The van der Waals surface area contributed by atoms with Crippen LogP contribution in [0.3, 0.4) is 0 Å². The number of nitrogens with two attached hydrogens (primary N) is 1. The number of esters is 2. The highest BCUT2D eigenvalue weighted by Crippen LogP contribution is 2.43. The van der Waals surface area contributed by atoms with Crippen LogP contribution in [0.2, 0.25) is 0 Å². The van der Waals surface area contributed by atoms with Crippen molar-refractivity contribution in [3.8, 4) is 0 Å². The van der Waals surface area contributed by atoms with E-state index in [1.165, 1.54) is 109 Å². The third kappa shape index (κ3) is 66.9. The Morgan fingerprint density at radius 3 is 0.988 bits per heavy atom. The predicted molar refractivity (Wildman–Crippen MR) is 357 cm³/mol. The van der Waals surface area contributed by atoms with Gasteiger partial charge >= 0.3 is 19.8 Å². The molecule has 2 unspecified atom stereocenters. The molecule has 0 spiro atoms. The SMILES string of the molecule is CC/C=C\C/C=C\C/C=C\C/C=C\C/C=C\C/C=C\C/C=C\C/C=C\C/C=C\CCCCCCCCCCCCCC(=O)OC(COC(=O)CCCCCCCCCC/C=C\C/C=C\C/C=C\CCCCCCC)COP(=O)(O)OCCN. The molecule has 0 saturated carbocycles. The number of phosphoric ester groups is 1. The average Bonchev–Trinajstić information content (AvgIpc) is 3.48. The lowest BCUT2D eigenvalue weighted by Gasteiger charge is -2.19. The van der Waals surface area contributed by atoms with E-state index in [9.17, 15) is 19.0 Å². The van der Waals surface area contributed by atoms with Crippen molar-refractivity contribution >= 4 is 19.8 Å². The lowest BCUT2D eigenvalue weighted by molar-refractivity contribution is -0.161. The van der Waals surface area contributed by atoms with Gasteiger partial charge in [-0.15, -0.1) is 0 Å². The summed E-state index contributed by atoms with van der Waals surface area (Å²) in [5.41, 5.74) is 5.39. The average molecular weight is 1170 g/mol. The molecule has 2 atom stereocenters. The van der Waals surface area contributed by atoms with Crippen LogP contribution < -0.4 is 5.73 Å². The van der Waals surface area contributed by atoms with E-state index in [1.807, 2.05) is 0 Å². The van der Waals surface area contributed by atoms with E-state index in [0.29, 0.717) is 6.42 Å². The van der Waals surface area contributed by atoms with E-state index >= 15 is 0 Å². The topological polar surface area (TPSA) is 134 Å². The zero-order valence-corrected chi connectivity index (χ0v) is 53.8.